The molecule has 0 heterocycles. The molecule has 0 bridgehead atoms. The number of nitrogens with zero attached hydrogens (tertiary/aromatic N) is 1. The van der Waals surface area contributed by atoms with Gasteiger partial charge in [-0.2, -0.15) is 5.26 Å². The minimum absolute atomic E-state index is 0.0449. The van der Waals surface area contributed by atoms with Crippen molar-refractivity contribution in [3.8, 4) is 17.6 Å². The van der Waals surface area contributed by atoms with Gasteiger partial charge in [0.25, 0.3) is 5.91 Å². The number of ether oxygens (including phenoxy) is 3. The molecule has 1 aromatic rings. The lowest BCUT2D eigenvalue weighted by atomic mass is 10.1. The molecule has 0 unspecified atom stereocenters. The molecule has 0 saturated carbocycles. The number of nitriles is 1. The fraction of sp³-hybridized carbons (Fsp3) is 0.375. The fourth-order valence-corrected chi connectivity index (χ4v) is 2.01. The lowest BCUT2D eigenvalue weighted by molar-refractivity contribution is -0.117. The van der Waals surface area contributed by atoms with E-state index in [1.165, 1.54) is 20.3 Å². The summed E-state index contributed by atoms with van der Waals surface area (Å²) in [4.78, 5) is 12.0. The fourth-order valence-electron chi connectivity index (χ4n) is 1.80. The van der Waals surface area contributed by atoms with E-state index in [2.05, 4.69) is 5.32 Å². The number of hydrogen-bond acceptors (Lipinski definition) is 5. The third-order valence-corrected chi connectivity index (χ3v) is 3.31. The second kappa shape index (κ2) is 9.72. The van der Waals surface area contributed by atoms with Crippen LogP contribution in [0.15, 0.2) is 17.7 Å². The third kappa shape index (κ3) is 5.47. The second-order valence-corrected chi connectivity index (χ2v) is 4.91. The third-order valence-electron chi connectivity index (χ3n) is 2.98. The molecule has 124 valence electrons. The van der Waals surface area contributed by atoms with Gasteiger partial charge in [-0.1, -0.05) is 11.6 Å². The van der Waals surface area contributed by atoms with Crippen molar-refractivity contribution in [1.29, 1.82) is 5.26 Å². The number of methoxy groups -OCH3 is 3. The Labute approximate surface area is 140 Å². The zero-order valence-electron chi connectivity index (χ0n) is 13.3. The predicted octanol–water partition coefficient (Wildman–Crippen LogP) is 2.42. The number of benzene rings is 1. The van der Waals surface area contributed by atoms with Crippen molar-refractivity contribution in [3.63, 3.8) is 0 Å². The number of halogens is 1. The quantitative estimate of drug-likeness (QED) is 0.447. The van der Waals surface area contributed by atoms with Crippen LogP contribution in [0.1, 0.15) is 12.0 Å². The summed E-state index contributed by atoms with van der Waals surface area (Å²) in [5, 5.41) is 12.2. The predicted molar refractivity (Wildman–Crippen MR) is 87.6 cm³/mol. The van der Waals surface area contributed by atoms with Crippen molar-refractivity contribution in [1.82, 2.24) is 5.32 Å². The molecule has 1 aromatic carbocycles. The number of nitrogens with one attached hydrogen (secondary N) is 1. The van der Waals surface area contributed by atoms with E-state index in [4.69, 9.17) is 25.8 Å². The maximum Gasteiger partial charge on any atom is 0.261 e. The number of carbonyl (C=O) groups is 1. The van der Waals surface area contributed by atoms with Gasteiger partial charge in [-0.3, -0.25) is 4.79 Å². The Balaban J connectivity index is 2.98. The average molecular weight is 339 g/mol. The van der Waals surface area contributed by atoms with Gasteiger partial charge in [-0.15, -0.1) is 0 Å². The minimum atomic E-state index is -0.463. The van der Waals surface area contributed by atoms with E-state index in [1.54, 1.807) is 19.2 Å². The maximum absolute atomic E-state index is 12.0. The van der Waals surface area contributed by atoms with Crippen LogP contribution in [0.3, 0.4) is 0 Å². The smallest absolute Gasteiger partial charge is 0.261 e. The molecule has 1 amide bonds. The molecule has 0 fully saturated rings. The molecular formula is C16H19ClN2O4. The highest BCUT2D eigenvalue weighted by Crippen LogP contribution is 2.34. The summed E-state index contributed by atoms with van der Waals surface area (Å²) in [6.07, 6.45) is 2.08. The number of hydrogen-bond donors (Lipinski definition) is 1. The van der Waals surface area contributed by atoms with Gasteiger partial charge in [0.05, 0.1) is 19.2 Å². The number of amides is 1. The maximum atomic E-state index is 12.0. The van der Waals surface area contributed by atoms with E-state index in [1.807, 2.05) is 6.07 Å². The Kier molecular flexibility index (Phi) is 7.95. The molecule has 0 aliphatic carbocycles. The van der Waals surface area contributed by atoms with E-state index in [9.17, 15) is 10.1 Å². The summed E-state index contributed by atoms with van der Waals surface area (Å²) in [5.41, 5.74) is 0.449. The molecule has 0 atom stereocenters. The van der Waals surface area contributed by atoms with E-state index in [0.717, 1.165) is 0 Å². The first-order valence-corrected chi connectivity index (χ1v) is 7.25. The highest BCUT2D eigenvalue weighted by atomic mass is 35.5. The van der Waals surface area contributed by atoms with Crippen LogP contribution in [-0.4, -0.2) is 40.4 Å². The second-order valence-electron chi connectivity index (χ2n) is 4.50. The first kappa shape index (κ1) is 18.8. The van der Waals surface area contributed by atoms with Crippen LogP contribution in [0.5, 0.6) is 11.5 Å². The molecule has 0 radical (unpaired) electrons. The Hall–Kier alpha value is -2.23. The van der Waals surface area contributed by atoms with Crippen molar-refractivity contribution >= 4 is 23.6 Å². The zero-order chi connectivity index (χ0) is 17.2. The first-order valence-electron chi connectivity index (χ1n) is 6.87. The monoisotopic (exact) mass is 338 g/mol. The molecule has 0 saturated heterocycles. The molecular weight excluding hydrogens is 320 g/mol. The molecule has 0 aliphatic heterocycles. The average Bonchev–Trinajstić information content (AvgIpc) is 2.57. The lowest BCUT2D eigenvalue weighted by Crippen LogP contribution is -2.26. The zero-order valence-corrected chi connectivity index (χ0v) is 14.1. The van der Waals surface area contributed by atoms with Crippen molar-refractivity contribution in [2.45, 2.75) is 6.42 Å². The van der Waals surface area contributed by atoms with Crippen molar-refractivity contribution in [2.75, 3.05) is 34.5 Å². The normalized spacial score (nSPS) is 10.8. The Bertz CT molecular complexity index is 623. The van der Waals surface area contributed by atoms with Crippen LogP contribution in [0.25, 0.3) is 6.08 Å². The largest absolute Gasteiger partial charge is 0.493 e. The summed E-state index contributed by atoms with van der Waals surface area (Å²) >= 11 is 6.15. The van der Waals surface area contributed by atoms with Gasteiger partial charge in [0, 0.05) is 26.3 Å². The van der Waals surface area contributed by atoms with Crippen molar-refractivity contribution in [3.05, 3.63) is 28.3 Å². The summed E-state index contributed by atoms with van der Waals surface area (Å²) in [7, 11) is 4.58. The molecule has 0 aromatic heterocycles. The van der Waals surface area contributed by atoms with E-state index in [-0.39, 0.29) is 5.57 Å². The number of rotatable bonds is 8. The molecule has 0 spiro atoms. The van der Waals surface area contributed by atoms with Gasteiger partial charge in [0.2, 0.25) is 0 Å². The van der Waals surface area contributed by atoms with Crippen LogP contribution in [0.4, 0.5) is 0 Å². The highest BCUT2D eigenvalue weighted by molar-refractivity contribution is 6.32. The Morgan fingerprint density at radius 3 is 2.52 bits per heavy atom. The summed E-state index contributed by atoms with van der Waals surface area (Å²) in [6.45, 7) is 0.957. The highest BCUT2D eigenvalue weighted by Gasteiger charge is 2.12. The van der Waals surface area contributed by atoms with Gasteiger partial charge in [0.1, 0.15) is 11.6 Å². The van der Waals surface area contributed by atoms with E-state index >= 15 is 0 Å². The van der Waals surface area contributed by atoms with Gasteiger partial charge in [0.15, 0.2) is 11.5 Å². The Morgan fingerprint density at radius 2 is 1.96 bits per heavy atom. The lowest BCUT2D eigenvalue weighted by Gasteiger charge is -2.10. The first-order chi connectivity index (χ1) is 11.1. The van der Waals surface area contributed by atoms with Crippen LogP contribution < -0.4 is 14.8 Å². The molecule has 0 aliphatic rings. The molecule has 7 heteroatoms. The molecule has 1 rings (SSSR count). The SMILES string of the molecule is COCCCNC(=O)/C(C#N)=C/c1cc(OC)c(OC)cc1Cl. The Morgan fingerprint density at radius 1 is 1.30 bits per heavy atom. The summed E-state index contributed by atoms with van der Waals surface area (Å²) in [5.74, 6) is 0.465. The van der Waals surface area contributed by atoms with Gasteiger partial charge in [-0.25, -0.2) is 0 Å². The van der Waals surface area contributed by atoms with Gasteiger partial charge in [-0.05, 0) is 24.1 Å². The topological polar surface area (TPSA) is 80.6 Å². The summed E-state index contributed by atoms with van der Waals surface area (Å²) in [6, 6.07) is 5.05. The van der Waals surface area contributed by atoms with Crippen LogP contribution >= 0.6 is 11.6 Å². The van der Waals surface area contributed by atoms with Crippen LogP contribution in [0, 0.1) is 11.3 Å². The minimum Gasteiger partial charge on any atom is -0.493 e. The van der Waals surface area contributed by atoms with Crippen LogP contribution in [0.2, 0.25) is 5.02 Å². The van der Waals surface area contributed by atoms with E-state index in [0.29, 0.717) is 41.7 Å². The van der Waals surface area contributed by atoms with Gasteiger partial charge >= 0.3 is 0 Å². The number of carbonyl (C=O) groups excluding carboxylic acids is 1. The molecule has 1 N–H and O–H groups in total. The van der Waals surface area contributed by atoms with Crippen molar-refractivity contribution < 1.29 is 19.0 Å². The molecule has 6 nitrogen and oxygen atoms in total. The van der Waals surface area contributed by atoms with Crippen LogP contribution in [-0.2, 0) is 9.53 Å². The van der Waals surface area contributed by atoms with Gasteiger partial charge < -0.3 is 19.5 Å². The van der Waals surface area contributed by atoms with Crippen molar-refractivity contribution in [2.24, 2.45) is 0 Å². The summed E-state index contributed by atoms with van der Waals surface area (Å²) < 4.78 is 15.2. The molecule has 23 heavy (non-hydrogen) atoms. The van der Waals surface area contributed by atoms with E-state index < -0.39 is 5.91 Å². The standard InChI is InChI=1S/C16H19ClN2O4/c1-21-6-4-5-19-16(20)12(10-18)7-11-8-14(22-2)15(23-3)9-13(11)17/h7-9H,4-6H2,1-3H3,(H,19,20)/b12-7+.